The van der Waals surface area contributed by atoms with Gasteiger partial charge in [0.1, 0.15) is 5.75 Å². The zero-order valence-electron chi connectivity index (χ0n) is 17.3. The van der Waals surface area contributed by atoms with E-state index >= 15 is 0 Å². The third-order valence-corrected chi connectivity index (χ3v) is 5.26. The average molecular weight is 350 g/mol. The first kappa shape index (κ1) is 21.9. The number of likely N-dealkylation sites (N-methyl/N-ethyl adjacent to an activating group) is 3. The van der Waals surface area contributed by atoms with Crippen molar-refractivity contribution in [3.8, 4) is 5.75 Å². The Morgan fingerprint density at radius 2 is 1.04 bits per heavy atom. The van der Waals surface area contributed by atoms with Crippen molar-refractivity contribution < 1.29 is 5.11 Å². The number of phenolic OH excluding ortho intramolecular Hbond substituents is 1. The van der Waals surface area contributed by atoms with Crippen molar-refractivity contribution in [2.75, 3.05) is 60.4 Å². The summed E-state index contributed by atoms with van der Waals surface area (Å²) >= 11 is 0. The summed E-state index contributed by atoms with van der Waals surface area (Å²) < 4.78 is 0. The fourth-order valence-electron chi connectivity index (χ4n) is 2.77. The molecule has 1 aromatic carbocycles. The van der Waals surface area contributed by atoms with Gasteiger partial charge in [0.25, 0.3) is 0 Å². The van der Waals surface area contributed by atoms with Gasteiger partial charge in [-0.2, -0.15) is 0 Å². The molecule has 0 aliphatic rings. The molecule has 0 unspecified atom stereocenters. The first-order valence-corrected chi connectivity index (χ1v) is 9.80. The topological polar surface area (TPSA) is 30.0 Å². The molecule has 0 atom stereocenters. The highest BCUT2D eigenvalue weighted by molar-refractivity contribution is 5.44. The minimum atomic E-state index is 0.515. The molecule has 0 saturated heterocycles. The van der Waals surface area contributed by atoms with Crippen molar-refractivity contribution in [1.82, 2.24) is 14.7 Å². The van der Waals surface area contributed by atoms with Crippen molar-refractivity contribution in [1.29, 1.82) is 0 Å². The van der Waals surface area contributed by atoms with E-state index in [0.717, 1.165) is 69.7 Å². The summed E-state index contributed by atoms with van der Waals surface area (Å²) in [5.41, 5.74) is 3.55. The molecule has 0 aliphatic carbocycles. The smallest absolute Gasteiger partial charge is 0.122 e. The standard InChI is InChI=1S/C21H39N3O/c1-7-22(4)13-10-18-16-19(11-14-23(5)8-2)21(25)20(17-18)12-15-24(6)9-3/h16-17,25H,7-15H2,1-6H3. The molecular formula is C21H39N3O. The molecule has 4 nitrogen and oxygen atoms in total. The van der Waals surface area contributed by atoms with Gasteiger partial charge >= 0.3 is 0 Å². The van der Waals surface area contributed by atoms with Gasteiger partial charge in [0.05, 0.1) is 0 Å². The average Bonchev–Trinajstić information content (AvgIpc) is 2.63. The van der Waals surface area contributed by atoms with Crippen LogP contribution in [0.15, 0.2) is 12.1 Å². The minimum Gasteiger partial charge on any atom is -0.507 e. The molecule has 144 valence electrons. The van der Waals surface area contributed by atoms with E-state index in [9.17, 15) is 5.11 Å². The second kappa shape index (κ2) is 11.5. The van der Waals surface area contributed by atoms with E-state index in [1.807, 2.05) is 0 Å². The van der Waals surface area contributed by atoms with E-state index in [-0.39, 0.29) is 0 Å². The number of phenols is 1. The number of rotatable bonds is 12. The third kappa shape index (κ3) is 7.76. The van der Waals surface area contributed by atoms with E-state index in [1.54, 1.807) is 0 Å². The molecule has 0 bridgehead atoms. The largest absolute Gasteiger partial charge is 0.507 e. The molecule has 1 rings (SSSR count). The molecule has 0 heterocycles. The maximum absolute atomic E-state index is 10.8. The van der Waals surface area contributed by atoms with Crippen LogP contribution >= 0.6 is 0 Å². The Balaban J connectivity index is 2.94. The lowest BCUT2D eigenvalue weighted by molar-refractivity contribution is 0.348. The Morgan fingerprint density at radius 3 is 1.40 bits per heavy atom. The Hall–Kier alpha value is -1.10. The molecular weight excluding hydrogens is 310 g/mol. The van der Waals surface area contributed by atoms with E-state index in [4.69, 9.17) is 0 Å². The Morgan fingerprint density at radius 1 is 0.680 bits per heavy atom. The zero-order valence-corrected chi connectivity index (χ0v) is 17.3. The van der Waals surface area contributed by atoms with Gasteiger partial charge in [-0.05, 0) is 76.7 Å². The number of nitrogens with zero attached hydrogens (tertiary/aromatic N) is 3. The number of hydrogen-bond donors (Lipinski definition) is 1. The van der Waals surface area contributed by atoms with Gasteiger partial charge in [0, 0.05) is 19.6 Å². The summed E-state index contributed by atoms with van der Waals surface area (Å²) in [7, 11) is 6.43. The molecule has 25 heavy (non-hydrogen) atoms. The molecule has 1 aromatic rings. The van der Waals surface area contributed by atoms with Gasteiger partial charge < -0.3 is 19.8 Å². The molecule has 0 radical (unpaired) electrons. The second-order valence-electron chi connectivity index (χ2n) is 7.20. The predicted molar refractivity (Wildman–Crippen MR) is 109 cm³/mol. The van der Waals surface area contributed by atoms with Crippen molar-refractivity contribution in [3.63, 3.8) is 0 Å². The molecule has 0 fully saturated rings. The van der Waals surface area contributed by atoms with Gasteiger partial charge in [0.2, 0.25) is 0 Å². The van der Waals surface area contributed by atoms with Crippen LogP contribution < -0.4 is 0 Å². The fraction of sp³-hybridized carbons (Fsp3) is 0.714. The summed E-state index contributed by atoms with van der Waals surface area (Å²) in [6.07, 6.45) is 2.85. The van der Waals surface area contributed by atoms with Gasteiger partial charge in [-0.25, -0.2) is 0 Å². The van der Waals surface area contributed by atoms with Crippen molar-refractivity contribution in [3.05, 3.63) is 28.8 Å². The van der Waals surface area contributed by atoms with Crippen LogP contribution in [0.3, 0.4) is 0 Å². The summed E-state index contributed by atoms with van der Waals surface area (Å²) in [5.74, 6) is 0.515. The molecule has 0 aromatic heterocycles. The lowest BCUT2D eigenvalue weighted by Gasteiger charge is -2.19. The van der Waals surface area contributed by atoms with Crippen LogP contribution in [-0.2, 0) is 19.3 Å². The third-order valence-electron chi connectivity index (χ3n) is 5.26. The number of hydrogen-bond acceptors (Lipinski definition) is 4. The second-order valence-corrected chi connectivity index (χ2v) is 7.20. The zero-order chi connectivity index (χ0) is 18.8. The van der Waals surface area contributed by atoms with Gasteiger partial charge in [0.15, 0.2) is 0 Å². The van der Waals surface area contributed by atoms with E-state index in [0.29, 0.717) is 5.75 Å². The maximum atomic E-state index is 10.8. The first-order valence-electron chi connectivity index (χ1n) is 9.80. The van der Waals surface area contributed by atoms with Crippen LogP contribution in [-0.4, -0.2) is 80.2 Å². The van der Waals surface area contributed by atoms with Crippen LogP contribution in [0.4, 0.5) is 0 Å². The van der Waals surface area contributed by atoms with Gasteiger partial charge in [-0.1, -0.05) is 32.9 Å². The minimum absolute atomic E-state index is 0.515. The van der Waals surface area contributed by atoms with Crippen molar-refractivity contribution in [2.24, 2.45) is 0 Å². The quantitative estimate of drug-likeness (QED) is 0.628. The van der Waals surface area contributed by atoms with E-state index in [1.165, 1.54) is 5.56 Å². The molecule has 1 N–H and O–H groups in total. The van der Waals surface area contributed by atoms with Gasteiger partial charge in [-0.15, -0.1) is 0 Å². The van der Waals surface area contributed by atoms with Crippen molar-refractivity contribution in [2.45, 2.75) is 40.0 Å². The molecule has 0 spiro atoms. The Labute approximate surface area is 155 Å². The van der Waals surface area contributed by atoms with E-state index in [2.05, 4.69) is 68.7 Å². The molecule has 4 heteroatoms. The lowest BCUT2D eigenvalue weighted by Crippen LogP contribution is -2.22. The Kier molecular flexibility index (Phi) is 10.1. The van der Waals surface area contributed by atoms with Gasteiger partial charge in [-0.3, -0.25) is 0 Å². The highest BCUT2D eigenvalue weighted by atomic mass is 16.3. The Bertz CT molecular complexity index is 469. The number of aromatic hydroxyl groups is 1. The van der Waals surface area contributed by atoms with Crippen LogP contribution in [0, 0.1) is 0 Å². The summed E-state index contributed by atoms with van der Waals surface area (Å²) in [6, 6.07) is 4.44. The van der Waals surface area contributed by atoms with Crippen LogP contribution in [0.2, 0.25) is 0 Å². The van der Waals surface area contributed by atoms with Crippen LogP contribution in [0.25, 0.3) is 0 Å². The summed E-state index contributed by atoms with van der Waals surface area (Å²) in [5, 5.41) is 10.8. The van der Waals surface area contributed by atoms with Crippen molar-refractivity contribution >= 4 is 0 Å². The monoisotopic (exact) mass is 349 g/mol. The number of benzene rings is 1. The molecule has 0 aliphatic heterocycles. The maximum Gasteiger partial charge on any atom is 0.122 e. The highest BCUT2D eigenvalue weighted by Gasteiger charge is 2.12. The predicted octanol–water partition coefficient (Wildman–Crippen LogP) is 2.87. The van der Waals surface area contributed by atoms with Crippen LogP contribution in [0.5, 0.6) is 5.75 Å². The summed E-state index contributed by atoms with van der Waals surface area (Å²) in [4.78, 5) is 6.92. The molecule has 0 saturated carbocycles. The SMILES string of the molecule is CCN(C)CCc1cc(CCN(C)CC)c(O)c(CCN(C)CC)c1. The normalized spacial score (nSPS) is 11.9. The van der Waals surface area contributed by atoms with E-state index < -0.39 is 0 Å². The van der Waals surface area contributed by atoms with Crippen LogP contribution in [0.1, 0.15) is 37.5 Å². The molecule has 0 amide bonds. The lowest BCUT2D eigenvalue weighted by atomic mass is 9.97. The first-order chi connectivity index (χ1) is 11.9. The highest BCUT2D eigenvalue weighted by Crippen LogP contribution is 2.26. The fourth-order valence-corrected chi connectivity index (χ4v) is 2.77. The summed E-state index contributed by atoms with van der Waals surface area (Å²) in [6.45, 7) is 12.7.